The van der Waals surface area contributed by atoms with E-state index in [1.165, 1.54) is 24.8 Å². The first-order chi connectivity index (χ1) is 7.90. The lowest BCUT2D eigenvalue weighted by Crippen LogP contribution is -2.43. The molecule has 1 fully saturated rings. The molecule has 1 aromatic rings. The van der Waals surface area contributed by atoms with Crippen LogP contribution in [0.4, 0.5) is 0 Å². The molecule has 0 bridgehead atoms. The van der Waals surface area contributed by atoms with Crippen LogP contribution in [0.25, 0.3) is 0 Å². The van der Waals surface area contributed by atoms with Crippen molar-refractivity contribution in [1.29, 1.82) is 0 Å². The Hall–Kier alpha value is -0.930. The largest absolute Gasteiger partial charge is 0.329 e. The molecule has 0 atom stereocenters. The third-order valence-corrected chi connectivity index (χ3v) is 3.42. The van der Waals surface area contributed by atoms with Gasteiger partial charge in [-0.3, -0.25) is 9.88 Å². The van der Waals surface area contributed by atoms with Crippen LogP contribution in [-0.2, 0) is 6.42 Å². The molecule has 0 aliphatic heterocycles. The maximum Gasteiger partial charge on any atom is 0.0300 e. The van der Waals surface area contributed by atoms with Crippen LogP contribution in [-0.4, -0.2) is 35.6 Å². The summed E-state index contributed by atoms with van der Waals surface area (Å²) in [6, 6.07) is 4.94. The highest BCUT2D eigenvalue weighted by Gasteiger charge is 2.23. The molecule has 0 saturated heterocycles. The average Bonchev–Trinajstić information content (AvgIpc) is 2.25. The summed E-state index contributed by atoms with van der Waals surface area (Å²) in [6.45, 7) is 2.92. The fraction of sp³-hybridized carbons (Fsp3) is 0.615. The first-order valence-electron chi connectivity index (χ1n) is 6.23. The molecule has 88 valence electrons. The van der Waals surface area contributed by atoms with Crippen molar-refractivity contribution in [3.63, 3.8) is 0 Å². The predicted molar refractivity (Wildman–Crippen MR) is 66.2 cm³/mol. The van der Waals surface area contributed by atoms with Gasteiger partial charge in [0, 0.05) is 38.1 Å². The number of rotatable bonds is 6. The number of nitrogens with two attached hydrogens (primary N) is 1. The topological polar surface area (TPSA) is 42.1 Å². The van der Waals surface area contributed by atoms with Crippen LogP contribution >= 0.6 is 0 Å². The van der Waals surface area contributed by atoms with E-state index in [0.717, 1.165) is 32.1 Å². The van der Waals surface area contributed by atoms with E-state index in [0.29, 0.717) is 0 Å². The van der Waals surface area contributed by atoms with Crippen molar-refractivity contribution in [3.05, 3.63) is 30.1 Å². The number of hydrogen-bond donors (Lipinski definition) is 1. The van der Waals surface area contributed by atoms with Crippen LogP contribution in [0.2, 0.25) is 0 Å². The molecule has 0 radical (unpaired) electrons. The SMILES string of the molecule is NCCN(CCc1cccnc1)C1CCC1. The van der Waals surface area contributed by atoms with Crippen molar-refractivity contribution in [2.75, 3.05) is 19.6 Å². The van der Waals surface area contributed by atoms with E-state index >= 15 is 0 Å². The maximum atomic E-state index is 5.66. The van der Waals surface area contributed by atoms with Gasteiger partial charge in [-0.2, -0.15) is 0 Å². The maximum absolute atomic E-state index is 5.66. The molecule has 1 saturated carbocycles. The average molecular weight is 219 g/mol. The van der Waals surface area contributed by atoms with Gasteiger partial charge < -0.3 is 5.73 Å². The summed E-state index contributed by atoms with van der Waals surface area (Å²) in [5.74, 6) is 0. The number of hydrogen-bond acceptors (Lipinski definition) is 3. The molecule has 16 heavy (non-hydrogen) atoms. The molecule has 3 heteroatoms. The van der Waals surface area contributed by atoms with Gasteiger partial charge in [0.25, 0.3) is 0 Å². The monoisotopic (exact) mass is 219 g/mol. The summed E-state index contributed by atoms with van der Waals surface area (Å²) in [4.78, 5) is 6.68. The molecular weight excluding hydrogens is 198 g/mol. The molecule has 0 amide bonds. The zero-order valence-electron chi connectivity index (χ0n) is 9.81. The second-order valence-electron chi connectivity index (χ2n) is 4.52. The third kappa shape index (κ3) is 3.03. The highest BCUT2D eigenvalue weighted by molar-refractivity contribution is 5.08. The van der Waals surface area contributed by atoms with E-state index in [4.69, 9.17) is 5.73 Å². The molecule has 0 spiro atoms. The van der Waals surface area contributed by atoms with Crippen molar-refractivity contribution >= 4 is 0 Å². The van der Waals surface area contributed by atoms with Crippen LogP contribution in [0.5, 0.6) is 0 Å². The normalized spacial score (nSPS) is 16.4. The second-order valence-corrected chi connectivity index (χ2v) is 4.52. The van der Waals surface area contributed by atoms with Gasteiger partial charge in [-0.1, -0.05) is 12.5 Å². The number of aromatic nitrogens is 1. The number of nitrogens with zero attached hydrogens (tertiary/aromatic N) is 2. The Morgan fingerprint density at radius 3 is 2.81 bits per heavy atom. The fourth-order valence-electron chi connectivity index (χ4n) is 2.21. The van der Waals surface area contributed by atoms with Gasteiger partial charge in [0.15, 0.2) is 0 Å². The van der Waals surface area contributed by atoms with E-state index in [-0.39, 0.29) is 0 Å². The molecular formula is C13H21N3. The van der Waals surface area contributed by atoms with Gasteiger partial charge >= 0.3 is 0 Å². The molecule has 1 aliphatic rings. The van der Waals surface area contributed by atoms with E-state index in [1.807, 2.05) is 18.5 Å². The van der Waals surface area contributed by atoms with E-state index < -0.39 is 0 Å². The zero-order valence-corrected chi connectivity index (χ0v) is 9.81. The summed E-state index contributed by atoms with van der Waals surface area (Å²) < 4.78 is 0. The first kappa shape index (κ1) is 11.6. The standard InChI is InChI=1S/C13H21N3/c14-7-10-16(13-4-1-5-13)9-6-12-3-2-8-15-11-12/h2-3,8,11,13H,1,4-7,9-10,14H2. The van der Waals surface area contributed by atoms with Gasteiger partial charge in [-0.25, -0.2) is 0 Å². The van der Waals surface area contributed by atoms with Gasteiger partial charge in [-0.15, -0.1) is 0 Å². The van der Waals surface area contributed by atoms with Gasteiger partial charge in [0.1, 0.15) is 0 Å². The van der Waals surface area contributed by atoms with Crippen molar-refractivity contribution < 1.29 is 0 Å². The molecule has 1 aromatic heterocycles. The van der Waals surface area contributed by atoms with Crippen molar-refractivity contribution in [1.82, 2.24) is 9.88 Å². The minimum Gasteiger partial charge on any atom is -0.329 e. The zero-order chi connectivity index (χ0) is 11.2. The van der Waals surface area contributed by atoms with Crippen LogP contribution in [0.1, 0.15) is 24.8 Å². The quantitative estimate of drug-likeness (QED) is 0.787. The van der Waals surface area contributed by atoms with Crippen molar-refractivity contribution in [3.8, 4) is 0 Å². The summed E-state index contributed by atoms with van der Waals surface area (Å²) >= 11 is 0. The Balaban J connectivity index is 1.81. The smallest absolute Gasteiger partial charge is 0.0300 e. The van der Waals surface area contributed by atoms with Gasteiger partial charge in [0.2, 0.25) is 0 Å². The second kappa shape index (κ2) is 5.97. The summed E-state index contributed by atoms with van der Waals surface area (Å²) in [6.07, 6.45) is 8.97. The van der Waals surface area contributed by atoms with E-state index in [2.05, 4.69) is 16.0 Å². The lowest BCUT2D eigenvalue weighted by molar-refractivity contribution is 0.132. The van der Waals surface area contributed by atoms with Gasteiger partial charge in [0.05, 0.1) is 0 Å². The van der Waals surface area contributed by atoms with E-state index in [9.17, 15) is 0 Å². The molecule has 1 aliphatic carbocycles. The number of pyridine rings is 1. The first-order valence-corrected chi connectivity index (χ1v) is 6.23. The molecule has 3 nitrogen and oxygen atoms in total. The van der Waals surface area contributed by atoms with Crippen molar-refractivity contribution in [2.45, 2.75) is 31.7 Å². The molecule has 2 rings (SSSR count). The summed E-state index contributed by atoms with van der Waals surface area (Å²) in [5, 5.41) is 0. The predicted octanol–water partition coefficient (Wildman–Crippen LogP) is 1.44. The van der Waals surface area contributed by atoms with E-state index in [1.54, 1.807) is 0 Å². The lowest BCUT2D eigenvalue weighted by Gasteiger charge is -2.37. The summed E-state index contributed by atoms with van der Waals surface area (Å²) in [7, 11) is 0. The Morgan fingerprint density at radius 1 is 1.38 bits per heavy atom. The Bertz CT molecular complexity index is 295. The molecule has 0 unspecified atom stereocenters. The minimum absolute atomic E-state index is 0.767. The highest BCUT2D eigenvalue weighted by atomic mass is 15.2. The molecule has 2 N–H and O–H groups in total. The molecule has 1 heterocycles. The van der Waals surface area contributed by atoms with Crippen LogP contribution in [0.15, 0.2) is 24.5 Å². The van der Waals surface area contributed by atoms with Crippen LogP contribution in [0.3, 0.4) is 0 Å². The fourth-order valence-corrected chi connectivity index (χ4v) is 2.21. The summed E-state index contributed by atoms with van der Waals surface area (Å²) in [5.41, 5.74) is 6.98. The third-order valence-electron chi connectivity index (χ3n) is 3.42. The lowest BCUT2D eigenvalue weighted by atomic mass is 9.91. The van der Waals surface area contributed by atoms with Crippen molar-refractivity contribution in [2.24, 2.45) is 5.73 Å². The Kier molecular flexibility index (Phi) is 4.31. The molecule has 0 aromatic carbocycles. The highest BCUT2D eigenvalue weighted by Crippen LogP contribution is 2.24. The Labute approximate surface area is 97.7 Å². The van der Waals surface area contributed by atoms with Crippen LogP contribution in [0, 0.1) is 0 Å². The minimum atomic E-state index is 0.767. The van der Waals surface area contributed by atoms with Gasteiger partial charge in [-0.05, 0) is 30.9 Å². The Morgan fingerprint density at radius 2 is 2.25 bits per heavy atom. The van der Waals surface area contributed by atoms with Crippen LogP contribution < -0.4 is 5.73 Å².